The normalized spacial score (nSPS) is 11.4. The predicted octanol–water partition coefficient (Wildman–Crippen LogP) is 8.23. The maximum Gasteiger partial charge on any atom is 0.267 e. The van der Waals surface area contributed by atoms with Crippen LogP contribution in [0, 0.1) is 6.92 Å². The molecule has 0 spiro atoms. The van der Waals surface area contributed by atoms with Crippen molar-refractivity contribution in [3.63, 3.8) is 0 Å². The minimum Gasteiger partial charge on any atom is -0.436 e. The van der Waals surface area contributed by atoms with E-state index in [9.17, 15) is 4.79 Å². The SMILES string of the molecule is Cc1ccc(-c2nc3cc(NC(=O)c4sc5cc(Cl)ccc5c4Cl)ccc3o2)c(Cl)c1. The molecule has 0 radical (unpaired) electrons. The fourth-order valence-corrected chi connectivity index (χ4v) is 5.29. The molecule has 154 valence electrons. The third kappa shape index (κ3) is 3.79. The van der Waals surface area contributed by atoms with Crippen molar-refractivity contribution in [3.05, 3.63) is 80.1 Å². The highest BCUT2D eigenvalue weighted by atomic mass is 35.5. The zero-order valence-corrected chi connectivity index (χ0v) is 19.1. The molecule has 2 aromatic heterocycles. The van der Waals surface area contributed by atoms with Crippen LogP contribution in [-0.2, 0) is 0 Å². The number of benzene rings is 3. The zero-order valence-electron chi connectivity index (χ0n) is 16.0. The van der Waals surface area contributed by atoms with E-state index in [1.807, 2.05) is 31.2 Å². The first-order chi connectivity index (χ1) is 14.9. The summed E-state index contributed by atoms with van der Waals surface area (Å²) in [5, 5.41) is 5.25. The number of hydrogen-bond acceptors (Lipinski definition) is 4. The highest BCUT2D eigenvalue weighted by molar-refractivity contribution is 7.21. The zero-order chi connectivity index (χ0) is 21.7. The molecule has 1 amide bonds. The maximum absolute atomic E-state index is 12.8. The van der Waals surface area contributed by atoms with Gasteiger partial charge in [0.15, 0.2) is 5.58 Å². The summed E-state index contributed by atoms with van der Waals surface area (Å²) in [6.45, 7) is 1.97. The Labute approximate surface area is 196 Å². The number of carbonyl (C=O) groups is 1. The summed E-state index contributed by atoms with van der Waals surface area (Å²) in [5.41, 5.74) is 3.55. The molecule has 1 N–H and O–H groups in total. The van der Waals surface area contributed by atoms with E-state index < -0.39 is 0 Å². The van der Waals surface area contributed by atoms with Crippen molar-refractivity contribution in [1.82, 2.24) is 4.98 Å². The van der Waals surface area contributed by atoms with Gasteiger partial charge in [0.1, 0.15) is 10.4 Å². The standard InChI is InChI=1S/C23H13Cl3N2O2S/c1-11-2-5-14(16(25)8-11)23-28-17-10-13(4-7-18(17)30-23)27-22(29)21-20(26)15-6-3-12(24)9-19(15)31-21/h2-10H,1H3,(H,27,29). The molecule has 0 bridgehead atoms. The Kier molecular flexibility index (Phi) is 5.15. The first-order valence-electron chi connectivity index (χ1n) is 9.25. The number of aromatic nitrogens is 1. The van der Waals surface area contributed by atoms with Crippen LogP contribution in [0.3, 0.4) is 0 Å². The van der Waals surface area contributed by atoms with Gasteiger partial charge in [0.05, 0.1) is 15.6 Å². The highest BCUT2D eigenvalue weighted by Crippen LogP contribution is 2.37. The maximum atomic E-state index is 12.8. The van der Waals surface area contributed by atoms with Gasteiger partial charge in [0, 0.05) is 20.8 Å². The molecule has 5 rings (SSSR count). The van der Waals surface area contributed by atoms with Crippen molar-refractivity contribution in [2.24, 2.45) is 0 Å². The van der Waals surface area contributed by atoms with Gasteiger partial charge in [-0.05, 0) is 55.0 Å². The number of anilines is 1. The number of rotatable bonds is 3. The summed E-state index contributed by atoms with van der Waals surface area (Å²) < 4.78 is 6.71. The van der Waals surface area contributed by atoms with Crippen LogP contribution in [0.5, 0.6) is 0 Å². The Morgan fingerprint density at radius 1 is 1.03 bits per heavy atom. The fourth-order valence-electron chi connectivity index (χ4n) is 3.29. The van der Waals surface area contributed by atoms with Crippen LogP contribution < -0.4 is 5.32 Å². The van der Waals surface area contributed by atoms with Crippen molar-refractivity contribution in [2.75, 3.05) is 5.32 Å². The topological polar surface area (TPSA) is 55.1 Å². The van der Waals surface area contributed by atoms with Gasteiger partial charge < -0.3 is 9.73 Å². The van der Waals surface area contributed by atoms with Gasteiger partial charge in [-0.25, -0.2) is 4.98 Å². The van der Waals surface area contributed by atoms with Crippen LogP contribution in [0.15, 0.2) is 59.0 Å². The number of amides is 1. The van der Waals surface area contributed by atoms with E-state index in [2.05, 4.69) is 10.3 Å². The lowest BCUT2D eigenvalue weighted by atomic mass is 10.1. The van der Waals surface area contributed by atoms with Gasteiger partial charge in [-0.2, -0.15) is 0 Å². The molecule has 5 aromatic rings. The third-order valence-corrected chi connectivity index (χ3v) is 7.00. The highest BCUT2D eigenvalue weighted by Gasteiger charge is 2.18. The molecular weight excluding hydrogens is 475 g/mol. The minimum atomic E-state index is -0.299. The molecule has 2 heterocycles. The van der Waals surface area contributed by atoms with Crippen molar-refractivity contribution in [3.8, 4) is 11.5 Å². The van der Waals surface area contributed by atoms with Crippen LogP contribution >= 0.6 is 46.1 Å². The molecule has 0 aliphatic heterocycles. The molecule has 0 aliphatic rings. The van der Waals surface area contributed by atoms with Gasteiger partial charge >= 0.3 is 0 Å². The Balaban J connectivity index is 1.46. The number of thiophene rings is 1. The van der Waals surface area contributed by atoms with Gasteiger partial charge in [0.25, 0.3) is 5.91 Å². The van der Waals surface area contributed by atoms with Crippen molar-refractivity contribution < 1.29 is 9.21 Å². The molecule has 3 aromatic carbocycles. The van der Waals surface area contributed by atoms with Gasteiger partial charge in [-0.3, -0.25) is 4.79 Å². The Morgan fingerprint density at radius 2 is 1.87 bits per heavy atom. The predicted molar refractivity (Wildman–Crippen MR) is 129 cm³/mol. The van der Waals surface area contributed by atoms with Crippen LogP contribution in [-0.4, -0.2) is 10.9 Å². The van der Waals surface area contributed by atoms with E-state index in [-0.39, 0.29) is 5.91 Å². The lowest BCUT2D eigenvalue weighted by molar-refractivity contribution is 0.103. The lowest BCUT2D eigenvalue weighted by Crippen LogP contribution is -2.10. The Morgan fingerprint density at radius 3 is 2.68 bits per heavy atom. The number of aryl methyl sites for hydroxylation is 1. The number of fused-ring (bicyclic) bond motifs is 2. The lowest BCUT2D eigenvalue weighted by Gasteiger charge is -2.03. The van der Waals surface area contributed by atoms with E-state index in [1.54, 1.807) is 30.3 Å². The first kappa shape index (κ1) is 20.3. The number of nitrogens with zero attached hydrogens (tertiary/aromatic N) is 1. The fraction of sp³-hybridized carbons (Fsp3) is 0.0435. The second-order valence-corrected chi connectivity index (χ2v) is 9.30. The van der Waals surface area contributed by atoms with E-state index in [0.717, 1.165) is 15.6 Å². The number of oxazole rings is 1. The Bertz CT molecular complexity index is 1490. The molecule has 0 unspecified atom stereocenters. The number of hydrogen-bond donors (Lipinski definition) is 1. The van der Waals surface area contributed by atoms with Crippen LogP contribution in [0.25, 0.3) is 32.6 Å². The molecule has 8 heteroatoms. The van der Waals surface area contributed by atoms with Crippen molar-refractivity contribution in [2.45, 2.75) is 6.92 Å². The quantitative estimate of drug-likeness (QED) is 0.279. The van der Waals surface area contributed by atoms with Gasteiger partial charge in [0.2, 0.25) is 5.89 Å². The van der Waals surface area contributed by atoms with E-state index >= 15 is 0 Å². The van der Waals surface area contributed by atoms with Gasteiger partial charge in [-0.1, -0.05) is 46.9 Å². The van der Waals surface area contributed by atoms with E-state index in [1.165, 1.54) is 11.3 Å². The summed E-state index contributed by atoms with van der Waals surface area (Å²) in [4.78, 5) is 17.8. The molecule has 31 heavy (non-hydrogen) atoms. The molecule has 0 aliphatic carbocycles. The van der Waals surface area contributed by atoms with Crippen LogP contribution in [0.4, 0.5) is 5.69 Å². The summed E-state index contributed by atoms with van der Waals surface area (Å²) >= 11 is 20.1. The van der Waals surface area contributed by atoms with E-state index in [4.69, 9.17) is 39.2 Å². The van der Waals surface area contributed by atoms with E-state index in [0.29, 0.717) is 48.2 Å². The van der Waals surface area contributed by atoms with Gasteiger partial charge in [-0.15, -0.1) is 11.3 Å². The molecule has 0 atom stereocenters. The average molecular weight is 488 g/mol. The summed E-state index contributed by atoms with van der Waals surface area (Å²) in [7, 11) is 0. The van der Waals surface area contributed by atoms with Crippen LogP contribution in [0.2, 0.25) is 15.1 Å². The third-order valence-electron chi connectivity index (χ3n) is 4.80. The largest absolute Gasteiger partial charge is 0.436 e. The number of carbonyl (C=O) groups excluding carboxylic acids is 1. The first-order valence-corrected chi connectivity index (χ1v) is 11.2. The number of nitrogens with one attached hydrogen (secondary N) is 1. The molecule has 0 saturated carbocycles. The second kappa shape index (κ2) is 7.84. The minimum absolute atomic E-state index is 0.299. The van der Waals surface area contributed by atoms with Crippen LogP contribution in [0.1, 0.15) is 15.2 Å². The Hall–Kier alpha value is -2.57. The molecule has 0 fully saturated rings. The molecule has 0 saturated heterocycles. The monoisotopic (exact) mass is 486 g/mol. The average Bonchev–Trinajstić information content (AvgIpc) is 3.28. The van der Waals surface area contributed by atoms with Crippen molar-refractivity contribution >= 4 is 78.9 Å². The number of halogens is 3. The van der Waals surface area contributed by atoms with Crippen molar-refractivity contribution in [1.29, 1.82) is 0 Å². The summed E-state index contributed by atoms with van der Waals surface area (Å²) in [6, 6.07) is 16.3. The molecular formula is C23H13Cl3N2O2S. The smallest absolute Gasteiger partial charge is 0.267 e. The summed E-state index contributed by atoms with van der Waals surface area (Å²) in [6.07, 6.45) is 0. The molecule has 4 nitrogen and oxygen atoms in total. The summed E-state index contributed by atoms with van der Waals surface area (Å²) in [5.74, 6) is 0.125. The second-order valence-electron chi connectivity index (χ2n) is 7.02.